The van der Waals surface area contributed by atoms with Gasteiger partial charge in [0.25, 0.3) is 11.8 Å². The second-order valence-electron chi connectivity index (χ2n) is 7.25. The van der Waals surface area contributed by atoms with Crippen molar-refractivity contribution in [2.45, 2.75) is 36.6 Å². The van der Waals surface area contributed by atoms with Gasteiger partial charge in [0.05, 0.1) is 5.56 Å². The average Bonchev–Trinajstić information content (AvgIpc) is 2.99. The van der Waals surface area contributed by atoms with Crippen LogP contribution in [0.3, 0.4) is 0 Å². The van der Waals surface area contributed by atoms with Gasteiger partial charge in [-0.1, -0.05) is 49.4 Å². The highest BCUT2D eigenvalue weighted by Crippen LogP contribution is 2.28. The summed E-state index contributed by atoms with van der Waals surface area (Å²) in [4.78, 5) is 37.0. The largest absolute Gasteiger partial charge is 0.351 e. The van der Waals surface area contributed by atoms with Crippen LogP contribution >= 0.6 is 11.8 Å². The fraction of sp³-hybridized carbons (Fsp3) is 0.318. The van der Waals surface area contributed by atoms with Crippen molar-refractivity contribution in [3.63, 3.8) is 0 Å². The highest BCUT2D eigenvalue weighted by Gasteiger charge is 2.41. The van der Waals surface area contributed by atoms with Crippen molar-refractivity contribution in [2.24, 2.45) is 0 Å². The molecule has 29 heavy (non-hydrogen) atoms. The lowest BCUT2D eigenvalue weighted by Crippen LogP contribution is -2.46. The quantitative estimate of drug-likeness (QED) is 0.459. The highest BCUT2D eigenvalue weighted by atomic mass is 32.2. The number of nitrogens with one attached hydrogen (secondary N) is 3. The van der Waals surface area contributed by atoms with Gasteiger partial charge in [-0.2, -0.15) is 0 Å². The maximum atomic E-state index is 12.8. The lowest BCUT2D eigenvalue weighted by Gasteiger charge is -2.21. The first-order valence-corrected chi connectivity index (χ1v) is 10.6. The van der Waals surface area contributed by atoms with Gasteiger partial charge in [0, 0.05) is 23.1 Å². The van der Waals surface area contributed by atoms with Crippen LogP contribution in [0.25, 0.3) is 0 Å². The van der Waals surface area contributed by atoms with Crippen LogP contribution in [-0.2, 0) is 4.79 Å². The number of benzene rings is 2. The second kappa shape index (κ2) is 9.13. The molecule has 3 rings (SSSR count). The number of hydrogen-bond donors (Lipinski definition) is 3. The fourth-order valence-electron chi connectivity index (χ4n) is 3.22. The molecule has 1 fully saturated rings. The minimum atomic E-state index is -0.994. The summed E-state index contributed by atoms with van der Waals surface area (Å²) in [6.45, 7) is 4.33. The normalized spacial score (nSPS) is 19.4. The van der Waals surface area contributed by atoms with Gasteiger partial charge in [-0.25, -0.2) is 4.79 Å². The summed E-state index contributed by atoms with van der Waals surface area (Å²) in [5, 5.41) is 7.94. The Labute approximate surface area is 174 Å². The average molecular weight is 412 g/mol. The number of hydrogen-bond acceptors (Lipinski definition) is 4. The fourth-order valence-corrected chi connectivity index (χ4v) is 4.36. The van der Waals surface area contributed by atoms with Gasteiger partial charge >= 0.3 is 6.03 Å². The molecule has 0 aliphatic carbocycles. The van der Waals surface area contributed by atoms with Crippen molar-refractivity contribution in [3.8, 4) is 0 Å². The van der Waals surface area contributed by atoms with E-state index in [2.05, 4.69) is 35.0 Å². The van der Waals surface area contributed by atoms with Gasteiger partial charge in [0.2, 0.25) is 0 Å². The van der Waals surface area contributed by atoms with E-state index in [4.69, 9.17) is 0 Å². The first-order valence-electron chi connectivity index (χ1n) is 9.61. The van der Waals surface area contributed by atoms with E-state index in [9.17, 15) is 14.4 Å². The van der Waals surface area contributed by atoms with Gasteiger partial charge in [-0.3, -0.25) is 14.9 Å². The number of imide groups is 1. The molecule has 1 aliphatic heterocycles. The molecular weight excluding hydrogens is 386 g/mol. The molecule has 2 aromatic rings. The third kappa shape index (κ3) is 4.98. The Morgan fingerprint density at radius 1 is 1.10 bits per heavy atom. The second-order valence-corrected chi connectivity index (χ2v) is 8.27. The maximum Gasteiger partial charge on any atom is 0.322 e. The molecule has 152 valence electrons. The molecule has 1 saturated heterocycles. The van der Waals surface area contributed by atoms with Crippen LogP contribution in [0, 0.1) is 0 Å². The van der Waals surface area contributed by atoms with E-state index in [-0.39, 0.29) is 17.7 Å². The lowest BCUT2D eigenvalue weighted by atomic mass is 9.96. The van der Waals surface area contributed by atoms with E-state index in [0.29, 0.717) is 17.9 Å². The van der Waals surface area contributed by atoms with Gasteiger partial charge in [-0.05, 0) is 31.0 Å². The standard InChI is InChI=1S/C22H25N3O3S/c1-3-15(16-9-5-4-6-10-16)13-23-19(26)17-11-7-8-12-18(17)29-14-22(2)20(27)24-21(28)25-22/h4-12,15H,3,13-14H2,1-2H3,(H,23,26)(H2,24,25,27,28)/t15-,22-/m1/s1. The molecule has 7 heteroatoms. The van der Waals surface area contributed by atoms with Crippen molar-refractivity contribution in [2.75, 3.05) is 12.3 Å². The molecule has 0 saturated carbocycles. The van der Waals surface area contributed by atoms with E-state index in [1.807, 2.05) is 36.4 Å². The summed E-state index contributed by atoms with van der Waals surface area (Å²) in [6.07, 6.45) is 0.924. The zero-order valence-electron chi connectivity index (χ0n) is 16.5. The minimum absolute atomic E-state index is 0.146. The SMILES string of the molecule is CC[C@H](CNC(=O)c1ccccc1SC[C@@]1(C)NC(=O)NC1=O)c1ccccc1. The van der Waals surface area contributed by atoms with Crippen LogP contribution in [-0.4, -0.2) is 35.7 Å². The number of rotatable bonds is 8. The van der Waals surface area contributed by atoms with Crippen molar-refractivity contribution in [1.29, 1.82) is 0 Å². The van der Waals surface area contributed by atoms with Crippen LogP contribution in [0.5, 0.6) is 0 Å². The molecule has 0 aromatic heterocycles. The molecule has 0 spiro atoms. The lowest BCUT2D eigenvalue weighted by molar-refractivity contribution is -0.122. The van der Waals surface area contributed by atoms with Crippen LogP contribution < -0.4 is 16.0 Å². The molecule has 6 nitrogen and oxygen atoms in total. The Morgan fingerprint density at radius 3 is 2.45 bits per heavy atom. The first kappa shape index (κ1) is 20.9. The van der Waals surface area contributed by atoms with Gasteiger partial charge < -0.3 is 10.6 Å². The van der Waals surface area contributed by atoms with Crippen molar-refractivity contribution >= 4 is 29.6 Å². The molecule has 0 bridgehead atoms. The van der Waals surface area contributed by atoms with Gasteiger partial charge in [0.1, 0.15) is 5.54 Å². The molecular formula is C22H25N3O3S. The zero-order chi connectivity index (χ0) is 20.9. The maximum absolute atomic E-state index is 12.8. The van der Waals surface area contributed by atoms with Crippen molar-refractivity contribution < 1.29 is 14.4 Å². The number of thioether (sulfide) groups is 1. The Kier molecular flexibility index (Phi) is 6.59. The Balaban J connectivity index is 1.65. The van der Waals surface area contributed by atoms with Crippen molar-refractivity contribution in [1.82, 2.24) is 16.0 Å². The predicted octanol–water partition coefficient (Wildman–Crippen LogP) is 3.30. The van der Waals surface area contributed by atoms with E-state index in [1.165, 1.54) is 17.3 Å². The van der Waals surface area contributed by atoms with Crippen LogP contribution in [0.15, 0.2) is 59.5 Å². The van der Waals surface area contributed by atoms with E-state index < -0.39 is 11.6 Å². The summed E-state index contributed by atoms with van der Waals surface area (Å²) in [5.74, 6) is 0.0746. The first-order chi connectivity index (χ1) is 13.9. The summed E-state index contributed by atoms with van der Waals surface area (Å²) in [6, 6.07) is 17.0. The number of urea groups is 1. The smallest absolute Gasteiger partial charge is 0.322 e. The van der Waals surface area contributed by atoms with Crippen LogP contribution in [0.2, 0.25) is 0 Å². The topological polar surface area (TPSA) is 87.3 Å². The third-order valence-corrected chi connectivity index (χ3v) is 6.43. The van der Waals surface area contributed by atoms with Crippen LogP contribution in [0.1, 0.15) is 42.1 Å². The molecule has 0 unspecified atom stereocenters. The van der Waals surface area contributed by atoms with Crippen molar-refractivity contribution in [3.05, 3.63) is 65.7 Å². The van der Waals surface area contributed by atoms with Gasteiger partial charge in [-0.15, -0.1) is 11.8 Å². The Morgan fingerprint density at radius 2 is 1.79 bits per heavy atom. The monoisotopic (exact) mass is 411 g/mol. The Bertz CT molecular complexity index is 903. The van der Waals surface area contributed by atoms with Crippen LogP contribution in [0.4, 0.5) is 4.79 Å². The highest BCUT2D eigenvalue weighted by molar-refractivity contribution is 7.99. The van der Waals surface area contributed by atoms with Gasteiger partial charge in [0.15, 0.2) is 0 Å². The Hall–Kier alpha value is -2.80. The molecule has 2 atom stereocenters. The predicted molar refractivity (Wildman–Crippen MR) is 114 cm³/mol. The van der Waals surface area contributed by atoms with E-state index >= 15 is 0 Å². The summed E-state index contributed by atoms with van der Waals surface area (Å²) in [7, 11) is 0. The number of carbonyl (C=O) groups excluding carboxylic acids is 3. The third-order valence-electron chi connectivity index (χ3n) is 5.04. The zero-order valence-corrected chi connectivity index (χ0v) is 17.3. The number of carbonyl (C=O) groups is 3. The molecule has 1 aliphatic rings. The summed E-state index contributed by atoms with van der Waals surface area (Å²) in [5.41, 5.74) is 0.772. The minimum Gasteiger partial charge on any atom is -0.351 e. The van der Waals surface area contributed by atoms with E-state index in [1.54, 1.807) is 13.0 Å². The molecule has 3 N–H and O–H groups in total. The molecule has 4 amide bonds. The molecule has 2 aromatic carbocycles. The molecule has 1 heterocycles. The number of amides is 4. The molecule has 0 radical (unpaired) electrons. The van der Waals surface area contributed by atoms with E-state index in [0.717, 1.165) is 11.3 Å². The summed E-state index contributed by atoms with van der Waals surface area (Å²) < 4.78 is 0. The summed E-state index contributed by atoms with van der Waals surface area (Å²) >= 11 is 1.38.